The molecule has 1 aromatic heterocycles. The molecule has 0 saturated carbocycles. The van der Waals surface area contributed by atoms with E-state index in [4.69, 9.17) is 0 Å². The molecule has 0 spiro atoms. The molecule has 2 nitrogen and oxygen atoms in total. The van der Waals surface area contributed by atoms with Crippen molar-refractivity contribution in [1.82, 2.24) is 4.57 Å². The molecule has 2 heteroatoms. The second-order valence-corrected chi connectivity index (χ2v) is 9.02. The van der Waals surface area contributed by atoms with Gasteiger partial charge in [-0.25, -0.2) is 4.57 Å². The average molecular weight is 378 g/mol. The summed E-state index contributed by atoms with van der Waals surface area (Å²) in [6, 6.07) is 24.8. The highest BCUT2D eigenvalue weighted by atomic mass is 15.2. The van der Waals surface area contributed by atoms with Crippen molar-refractivity contribution in [2.45, 2.75) is 39.2 Å². The fraction of sp³-hybridized carbons (Fsp3) is 0.222. The zero-order valence-corrected chi connectivity index (χ0v) is 17.4. The van der Waals surface area contributed by atoms with Crippen LogP contribution >= 0.6 is 0 Å². The number of para-hydroxylation sites is 1. The molecule has 3 heterocycles. The van der Waals surface area contributed by atoms with Crippen molar-refractivity contribution in [2.24, 2.45) is 0 Å². The third-order valence-electron chi connectivity index (χ3n) is 6.97. The number of hydrogen-bond donors (Lipinski definition) is 0. The van der Waals surface area contributed by atoms with Crippen molar-refractivity contribution in [3.8, 4) is 17.1 Å². The Morgan fingerprint density at radius 1 is 0.793 bits per heavy atom. The summed E-state index contributed by atoms with van der Waals surface area (Å²) >= 11 is 0. The lowest BCUT2D eigenvalue weighted by molar-refractivity contribution is -0.583. The van der Waals surface area contributed by atoms with Crippen LogP contribution in [0.5, 0.6) is 0 Å². The highest BCUT2D eigenvalue weighted by molar-refractivity contribution is 5.70. The molecular weight excluding hydrogens is 352 g/mol. The van der Waals surface area contributed by atoms with E-state index >= 15 is 0 Å². The Morgan fingerprint density at radius 3 is 2.21 bits per heavy atom. The normalized spacial score (nSPS) is 17.6. The van der Waals surface area contributed by atoms with Crippen molar-refractivity contribution in [2.75, 3.05) is 0 Å². The van der Waals surface area contributed by atoms with Crippen molar-refractivity contribution in [1.29, 1.82) is 0 Å². The SMILES string of the molecule is Cc1cccc(C)c1-[n+]1cc2n3c1-c1ccccc1C3c1ccccc1C2(C)C. The van der Waals surface area contributed by atoms with Crippen molar-refractivity contribution in [3.05, 3.63) is 106 Å². The Balaban J connectivity index is 1.78. The molecule has 0 saturated heterocycles. The maximum atomic E-state index is 2.60. The molecule has 2 aliphatic heterocycles. The van der Waals surface area contributed by atoms with E-state index in [1.807, 2.05) is 0 Å². The molecule has 1 atom stereocenters. The van der Waals surface area contributed by atoms with Gasteiger partial charge in [-0.1, -0.05) is 60.7 Å². The van der Waals surface area contributed by atoms with E-state index in [-0.39, 0.29) is 11.5 Å². The Hall–Kier alpha value is -3.13. The van der Waals surface area contributed by atoms with Crippen LogP contribution in [0.1, 0.15) is 53.4 Å². The van der Waals surface area contributed by atoms with Crippen LogP contribution in [0.3, 0.4) is 0 Å². The second kappa shape index (κ2) is 5.48. The van der Waals surface area contributed by atoms with Gasteiger partial charge in [-0.3, -0.25) is 0 Å². The van der Waals surface area contributed by atoms with E-state index < -0.39 is 0 Å². The Bertz CT molecular complexity index is 1290. The first kappa shape index (κ1) is 16.8. The van der Waals surface area contributed by atoms with E-state index in [2.05, 4.69) is 110 Å². The summed E-state index contributed by atoms with van der Waals surface area (Å²) in [5.74, 6) is 1.31. The van der Waals surface area contributed by atoms with Gasteiger partial charge in [0.25, 0.3) is 5.82 Å². The molecule has 29 heavy (non-hydrogen) atoms. The van der Waals surface area contributed by atoms with E-state index in [1.54, 1.807) is 0 Å². The van der Waals surface area contributed by atoms with Gasteiger partial charge in [-0.05, 0) is 50.5 Å². The van der Waals surface area contributed by atoms with Gasteiger partial charge in [-0.15, -0.1) is 0 Å². The lowest BCUT2D eigenvalue weighted by atomic mass is 9.74. The molecule has 1 unspecified atom stereocenters. The van der Waals surface area contributed by atoms with Gasteiger partial charge in [-0.2, -0.15) is 4.57 Å². The fourth-order valence-corrected chi connectivity index (χ4v) is 5.64. The summed E-state index contributed by atoms with van der Waals surface area (Å²) in [7, 11) is 0. The summed E-state index contributed by atoms with van der Waals surface area (Å²) in [6.07, 6.45) is 2.39. The van der Waals surface area contributed by atoms with Gasteiger partial charge in [0, 0.05) is 11.1 Å². The van der Waals surface area contributed by atoms with E-state index in [1.165, 1.54) is 50.6 Å². The average Bonchev–Trinajstić information content (AvgIpc) is 3.25. The topological polar surface area (TPSA) is 8.81 Å². The summed E-state index contributed by atoms with van der Waals surface area (Å²) in [5, 5.41) is 0. The summed E-state index contributed by atoms with van der Waals surface area (Å²) < 4.78 is 5.05. The predicted octanol–water partition coefficient (Wildman–Crippen LogP) is 5.64. The summed E-state index contributed by atoms with van der Waals surface area (Å²) in [4.78, 5) is 0. The van der Waals surface area contributed by atoms with Crippen molar-refractivity contribution >= 4 is 0 Å². The van der Waals surface area contributed by atoms with Gasteiger partial charge in [0.2, 0.25) is 0 Å². The molecule has 3 aromatic carbocycles. The summed E-state index contributed by atoms with van der Waals surface area (Å²) in [5.41, 5.74) is 10.9. The number of fused-ring (bicyclic) bond motifs is 5. The molecule has 142 valence electrons. The minimum atomic E-state index is -0.0499. The van der Waals surface area contributed by atoms with Crippen LogP contribution in [0, 0.1) is 13.8 Å². The zero-order chi connectivity index (χ0) is 19.9. The van der Waals surface area contributed by atoms with Crippen LogP contribution in [0.25, 0.3) is 17.1 Å². The van der Waals surface area contributed by atoms with Crippen molar-refractivity contribution < 1.29 is 4.57 Å². The minimum absolute atomic E-state index is 0.0499. The maximum absolute atomic E-state index is 2.60. The molecule has 0 bridgehead atoms. The summed E-state index contributed by atoms with van der Waals surface area (Å²) in [6.45, 7) is 9.17. The maximum Gasteiger partial charge on any atom is 0.295 e. The molecule has 0 amide bonds. The first-order valence-electron chi connectivity index (χ1n) is 10.4. The molecule has 2 aliphatic rings. The first-order chi connectivity index (χ1) is 14.0. The zero-order valence-electron chi connectivity index (χ0n) is 17.4. The highest BCUT2D eigenvalue weighted by Gasteiger charge is 2.51. The third kappa shape index (κ3) is 1.99. The molecule has 0 aliphatic carbocycles. The highest BCUT2D eigenvalue weighted by Crippen LogP contribution is 2.52. The molecule has 0 fully saturated rings. The quantitative estimate of drug-likeness (QED) is 0.334. The molecule has 0 radical (unpaired) electrons. The molecule has 4 aromatic rings. The number of rotatable bonds is 1. The molecule has 6 rings (SSSR count). The Labute approximate surface area is 172 Å². The lowest BCUT2D eigenvalue weighted by Gasteiger charge is -2.33. The number of imidazole rings is 1. The Kier molecular flexibility index (Phi) is 3.17. The minimum Gasteiger partial charge on any atom is -0.215 e. The number of aromatic nitrogens is 2. The van der Waals surface area contributed by atoms with E-state index in [9.17, 15) is 0 Å². The van der Waals surface area contributed by atoms with Crippen LogP contribution in [0.2, 0.25) is 0 Å². The largest absolute Gasteiger partial charge is 0.295 e. The lowest BCUT2D eigenvalue weighted by Crippen LogP contribution is -2.33. The van der Waals surface area contributed by atoms with Gasteiger partial charge in [0.1, 0.15) is 11.9 Å². The number of nitrogens with zero attached hydrogens (tertiary/aromatic N) is 2. The van der Waals surface area contributed by atoms with Gasteiger partial charge < -0.3 is 0 Å². The van der Waals surface area contributed by atoms with Crippen LogP contribution in [0.4, 0.5) is 0 Å². The smallest absolute Gasteiger partial charge is 0.215 e. The van der Waals surface area contributed by atoms with Crippen LogP contribution in [-0.4, -0.2) is 4.57 Å². The van der Waals surface area contributed by atoms with Crippen molar-refractivity contribution in [3.63, 3.8) is 0 Å². The number of aryl methyl sites for hydroxylation is 2. The van der Waals surface area contributed by atoms with Gasteiger partial charge >= 0.3 is 0 Å². The van der Waals surface area contributed by atoms with Gasteiger partial charge in [0.05, 0.1) is 11.0 Å². The van der Waals surface area contributed by atoms with Crippen LogP contribution < -0.4 is 4.57 Å². The monoisotopic (exact) mass is 377 g/mol. The molecular formula is C27H25N2+. The standard InChI is InChI=1S/C27H25N2/c1-17-10-9-11-18(2)24(17)28-16-23-27(3,4)22-15-8-7-14-21(22)25-19-12-5-6-13-20(19)26(28)29(23)25/h5-16,25H,1-4H3/q+1. The first-order valence-corrected chi connectivity index (χ1v) is 10.4. The number of benzene rings is 3. The second-order valence-electron chi connectivity index (χ2n) is 9.02. The Morgan fingerprint density at radius 2 is 1.45 bits per heavy atom. The fourth-order valence-electron chi connectivity index (χ4n) is 5.64. The number of hydrogen-bond acceptors (Lipinski definition) is 0. The van der Waals surface area contributed by atoms with Gasteiger partial charge in [0.15, 0.2) is 11.7 Å². The van der Waals surface area contributed by atoms with E-state index in [0.29, 0.717) is 0 Å². The van der Waals surface area contributed by atoms with E-state index in [0.717, 1.165) is 0 Å². The molecule has 0 N–H and O–H groups in total. The van der Waals surface area contributed by atoms with Crippen LogP contribution in [0.15, 0.2) is 72.9 Å². The predicted molar refractivity (Wildman–Crippen MR) is 117 cm³/mol. The van der Waals surface area contributed by atoms with Crippen LogP contribution in [-0.2, 0) is 5.41 Å². The third-order valence-corrected chi connectivity index (χ3v) is 6.97.